The van der Waals surface area contributed by atoms with Gasteiger partial charge in [0.1, 0.15) is 8.96 Å². The van der Waals surface area contributed by atoms with E-state index in [1.807, 2.05) is 13.8 Å². The van der Waals surface area contributed by atoms with Gasteiger partial charge in [0, 0.05) is 0 Å². The van der Waals surface area contributed by atoms with Crippen LogP contribution in [0.4, 0.5) is 0 Å². The van der Waals surface area contributed by atoms with Gasteiger partial charge < -0.3 is 9.47 Å². The van der Waals surface area contributed by atoms with Gasteiger partial charge >= 0.3 is 11.9 Å². The summed E-state index contributed by atoms with van der Waals surface area (Å²) in [5.41, 5.74) is 0. The van der Waals surface area contributed by atoms with Crippen LogP contribution < -0.4 is 0 Å². The summed E-state index contributed by atoms with van der Waals surface area (Å²) in [5.74, 6) is -1.13. The molecule has 0 spiro atoms. The molecular formula is C12H18Br2O4. The van der Waals surface area contributed by atoms with Crippen molar-refractivity contribution >= 4 is 43.8 Å². The summed E-state index contributed by atoms with van der Waals surface area (Å²) in [7, 11) is 0. The largest absolute Gasteiger partial charge is 0.462 e. The molecule has 18 heavy (non-hydrogen) atoms. The van der Waals surface area contributed by atoms with Crippen molar-refractivity contribution in [3.05, 3.63) is 8.96 Å². The second-order valence-electron chi connectivity index (χ2n) is 3.61. The van der Waals surface area contributed by atoms with E-state index in [2.05, 4.69) is 31.9 Å². The molecule has 0 aliphatic carbocycles. The Bertz CT molecular complexity index is 283. The molecule has 0 bridgehead atoms. The van der Waals surface area contributed by atoms with Crippen LogP contribution in [-0.2, 0) is 19.1 Å². The van der Waals surface area contributed by atoms with Gasteiger partial charge in [-0.05, 0) is 44.7 Å². The summed E-state index contributed by atoms with van der Waals surface area (Å²) in [4.78, 5) is 23.1. The number of hydrogen-bond donors (Lipinski definition) is 0. The van der Waals surface area contributed by atoms with Crippen LogP contribution in [0.25, 0.3) is 0 Å². The fraction of sp³-hybridized carbons (Fsp3) is 0.667. The Kier molecular flexibility index (Phi) is 10.3. The minimum atomic E-state index is -0.567. The molecule has 0 aliphatic heterocycles. The highest BCUT2D eigenvalue weighted by atomic mass is 79.9. The van der Waals surface area contributed by atoms with Crippen molar-refractivity contribution in [1.29, 1.82) is 0 Å². The molecule has 0 aromatic carbocycles. The summed E-state index contributed by atoms with van der Waals surface area (Å²) < 4.78 is 10.0. The minimum absolute atomic E-state index is 0.0556. The molecule has 4 nitrogen and oxygen atoms in total. The van der Waals surface area contributed by atoms with Crippen LogP contribution in [0.5, 0.6) is 0 Å². The van der Waals surface area contributed by atoms with E-state index in [0.717, 1.165) is 25.7 Å². The predicted molar refractivity (Wildman–Crippen MR) is 76.6 cm³/mol. The van der Waals surface area contributed by atoms with Gasteiger partial charge in [0.05, 0.1) is 13.2 Å². The topological polar surface area (TPSA) is 52.6 Å². The first-order valence-corrected chi connectivity index (χ1v) is 7.52. The minimum Gasteiger partial charge on any atom is -0.462 e. The number of carbonyl (C=O) groups is 2. The van der Waals surface area contributed by atoms with E-state index in [1.54, 1.807) is 0 Å². The average Bonchev–Trinajstić information content (AvgIpc) is 2.37. The molecule has 0 aliphatic rings. The Morgan fingerprint density at radius 1 is 0.833 bits per heavy atom. The lowest BCUT2D eigenvalue weighted by atomic mass is 10.3. The first-order valence-electron chi connectivity index (χ1n) is 5.94. The number of carbonyl (C=O) groups excluding carboxylic acids is 2. The van der Waals surface area contributed by atoms with Crippen LogP contribution in [0.1, 0.15) is 39.5 Å². The lowest BCUT2D eigenvalue weighted by molar-refractivity contribution is -0.141. The first-order chi connectivity index (χ1) is 8.54. The quantitative estimate of drug-likeness (QED) is 0.363. The molecule has 0 heterocycles. The summed E-state index contributed by atoms with van der Waals surface area (Å²) in [6, 6.07) is 0. The molecule has 0 aromatic rings. The van der Waals surface area contributed by atoms with Crippen molar-refractivity contribution in [1.82, 2.24) is 0 Å². The van der Waals surface area contributed by atoms with Gasteiger partial charge in [0.25, 0.3) is 0 Å². The number of esters is 2. The van der Waals surface area contributed by atoms with Gasteiger partial charge in [-0.3, -0.25) is 0 Å². The van der Waals surface area contributed by atoms with Gasteiger partial charge in [-0.15, -0.1) is 0 Å². The summed E-state index contributed by atoms with van der Waals surface area (Å²) in [5, 5.41) is 0. The highest BCUT2D eigenvalue weighted by Gasteiger charge is 2.19. The molecule has 6 heteroatoms. The van der Waals surface area contributed by atoms with Crippen LogP contribution in [0.15, 0.2) is 8.96 Å². The number of unbranched alkanes of at least 4 members (excludes halogenated alkanes) is 2. The van der Waals surface area contributed by atoms with Gasteiger partial charge in [0.2, 0.25) is 0 Å². The third kappa shape index (κ3) is 7.16. The maximum Gasteiger partial charge on any atom is 0.346 e. The van der Waals surface area contributed by atoms with Crippen LogP contribution in [0.3, 0.4) is 0 Å². The highest BCUT2D eigenvalue weighted by molar-refractivity contribution is 9.14. The van der Waals surface area contributed by atoms with Crippen molar-refractivity contribution in [2.24, 2.45) is 0 Å². The second-order valence-corrected chi connectivity index (χ2v) is 5.19. The zero-order valence-corrected chi connectivity index (χ0v) is 13.8. The Balaban J connectivity index is 4.30. The van der Waals surface area contributed by atoms with E-state index in [0.29, 0.717) is 13.2 Å². The zero-order valence-electron chi connectivity index (χ0n) is 10.6. The predicted octanol–water partition coefficient (Wildman–Crippen LogP) is 3.67. The molecule has 0 saturated carbocycles. The number of rotatable bonds is 8. The fourth-order valence-electron chi connectivity index (χ4n) is 0.924. The van der Waals surface area contributed by atoms with E-state index >= 15 is 0 Å². The summed E-state index contributed by atoms with van der Waals surface area (Å²) in [6.07, 6.45) is 3.47. The third-order valence-electron chi connectivity index (χ3n) is 2.01. The van der Waals surface area contributed by atoms with Crippen LogP contribution in [0.2, 0.25) is 0 Å². The van der Waals surface area contributed by atoms with Crippen molar-refractivity contribution in [2.75, 3.05) is 13.2 Å². The van der Waals surface area contributed by atoms with E-state index in [-0.39, 0.29) is 8.96 Å². The standard InChI is InChI=1S/C12H18Br2O4/c1-3-5-7-17-11(15)9(13)10(14)12(16)18-8-6-4-2/h3-8H2,1-2H3/b10-9-. The molecule has 0 radical (unpaired) electrons. The lowest BCUT2D eigenvalue weighted by Gasteiger charge is -2.06. The Hall–Kier alpha value is -0.360. The van der Waals surface area contributed by atoms with Gasteiger partial charge in [-0.1, -0.05) is 26.7 Å². The van der Waals surface area contributed by atoms with Crippen molar-refractivity contribution in [3.8, 4) is 0 Å². The van der Waals surface area contributed by atoms with E-state index in [9.17, 15) is 9.59 Å². The molecule has 0 rings (SSSR count). The summed E-state index contributed by atoms with van der Waals surface area (Å²) >= 11 is 6.06. The van der Waals surface area contributed by atoms with Crippen LogP contribution in [-0.4, -0.2) is 25.2 Å². The molecule has 0 unspecified atom stereocenters. The Morgan fingerprint density at radius 3 is 1.44 bits per heavy atom. The van der Waals surface area contributed by atoms with Crippen molar-refractivity contribution in [3.63, 3.8) is 0 Å². The van der Waals surface area contributed by atoms with Crippen LogP contribution in [0, 0.1) is 0 Å². The fourth-order valence-corrected chi connectivity index (χ4v) is 1.48. The monoisotopic (exact) mass is 384 g/mol. The number of ether oxygens (including phenoxy) is 2. The maximum absolute atomic E-state index is 11.5. The van der Waals surface area contributed by atoms with E-state index in [4.69, 9.17) is 9.47 Å². The molecule has 0 atom stereocenters. The van der Waals surface area contributed by atoms with Gasteiger partial charge in [-0.25, -0.2) is 9.59 Å². The van der Waals surface area contributed by atoms with Crippen molar-refractivity contribution < 1.29 is 19.1 Å². The maximum atomic E-state index is 11.5. The SMILES string of the molecule is CCCCOC(=O)/C(Br)=C(/Br)C(=O)OCCCC. The second kappa shape index (κ2) is 10.6. The van der Waals surface area contributed by atoms with Gasteiger partial charge in [-0.2, -0.15) is 0 Å². The molecule has 0 saturated heterocycles. The van der Waals surface area contributed by atoms with E-state index in [1.165, 1.54) is 0 Å². The number of hydrogen-bond acceptors (Lipinski definition) is 4. The molecule has 0 amide bonds. The third-order valence-corrected chi connectivity index (χ3v) is 3.99. The normalized spacial score (nSPS) is 11.8. The van der Waals surface area contributed by atoms with Crippen LogP contribution >= 0.6 is 31.9 Å². The van der Waals surface area contributed by atoms with Crippen molar-refractivity contribution in [2.45, 2.75) is 39.5 Å². The molecule has 0 fully saturated rings. The molecule has 0 N–H and O–H groups in total. The Morgan fingerprint density at radius 2 is 1.17 bits per heavy atom. The van der Waals surface area contributed by atoms with E-state index < -0.39 is 11.9 Å². The van der Waals surface area contributed by atoms with Gasteiger partial charge in [0.15, 0.2) is 0 Å². The summed E-state index contributed by atoms with van der Waals surface area (Å²) in [6.45, 7) is 4.69. The highest BCUT2D eigenvalue weighted by Crippen LogP contribution is 2.21. The first kappa shape index (κ1) is 17.6. The molecule has 104 valence electrons. The zero-order chi connectivity index (χ0) is 14.0. The molecule has 0 aromatic heterocycles. The number of halogens is 2. The molecular weight excluding hydrogens is 368 g/mol. The smallest absolute Gasteiger partial charge is 0.346 e. The average molecular weight is 386 g/mol. The Labute approximate surface area is 124 Å². The lowest BCUT2D eigenvalue weighted by Crippen LogP contribution is -2.12.